The Morgan fingerprint density at radius 1 is 1.38 bits per heavy atom. The molecule has 3 heteroatoms. The molecule has 1 heterocycles. The lowest BCUT2D eigenvalue weighted by molar-refractivity contribution is -0.0213. The number of piperazine rings is 1. The topological polar surface area (TPSA) is 18.5 Å². The number of nitrogens with one attached hydrogen (secondary N) is 1. The minimum Gasteiger partial charge on any atom is -0.320 e. The first kappa shape index (κ1) is 13.9. The summed E-state index contributed by atoms with van der Waals surface area (Å²) < 4.78 is 0. The van der Waals surface area contributed by atoms with Crippen molar-refractivity contribution in [3.05, 3.63) is 0 Å². The summed E-state index contributed by atoms with van der Waals surface area (Å²) in [5.41, 5.74) is 0.293. The van der Waals surface area contributed by atoms with Gasteiger partial charge in [-0.3, -0.25) is 9.80 Å². The van der Waals surface area contributed by atoms with Gasteiger partial charge in [0.1, 0.15) is 0 Å². The van der Waals surface area contributed by atoms with E-state index < -0.39 is 0 Å². The molecule has 0 spiro atoms. The molecule has 1 aliphatic heterocycles. The number of hydrogen-bond donors (Lipinski definition) is 1. The van der Waals surface area contributed by atoms with Crippen LogP contribution in [0.2, 0.25) is 0 Å². The summed E-state index contributed by atoms with van der Waals surface area (Å²) in [5.74, 6) is 0. The molecule has 1 N–H and O–H groups in total. The first-order valence-electron chi connectivity index (χ1n) is 6.50. The first-order valence-corrected chi connectivity index (χ1v) is 6.50. The Kier molecular flexibility index (Phi) is 4.77. The molecule has 1 aliphatic rings. The molecule has 0 radical (unpaired) electrons. The van der Waals surface area contributed by atoms with E-state index in [0.29, 0.717) is 17.6 Å². The fraction of sp³-hybridized carbons (Fsp3) is 1.00. The summed E-state index contributed by atoms with van der Waals surface area (Å²) in [6.45, 7) is 12.8. The van der Waals surface area contributed by atoms with Gasteiger partial charge in [-0.05, 0) is 54.8 Å². The second-order valence-electron chi connectivity index (χ2n) is 5.99. The molecule has 1 atom stereocenters. The van der Waals surface area contributed by atoms with E-state index in [1.165, 1.54) is 19.5 Å². The van der Waals surface area contributed by atoms with Gasteiger partial charge in [-0.2, -0.15) is 0 Å². The largest absolute Gasteiger partial charge is 0.320 e. The van der Waals surface area contributed by atoms with Gasteiger partial charge < -0.3 is 5.32 Å². The van der Waals surface area contributed by atoms with E-state index >= 15 is 0 Å². The molecule has 16 heavy (non-hydrogen) atoms. The maximum absolute atomic E-state index is 3.26. The lowest BCUT2D eigenvalue weighted by Crippen LogP contribution is -2.63. The molecular weight excluding hydrogens is 198 g/mol. The summed E-state index contributed by atoms with van der Waals surface area (Å²) in [4.78, 5) is 5.17. The lowest BCUT2D eigenvalue weighted by Gasteiger charge is -2.51. The summed E-state index contributed by atoms with van der Waals surface area (Å²) in [5, 5.41) is 3.26. The molecule has 96 valence electrons. The van der Waals surface area contributed by atoms with Gasteiger partial charge in [-0.1, -0.05) is 0 Å². The standard InChI is InChI=1S/C13H29N3/c1-11(2)16-9-12(7-8-14-5)15(6)13(3,4)10-16/h11-12,14H,7-10H2,1-6H3. The summed E-state index contributed by atoms with van der Waals surface area (Å²) in [6.07, 6.45) is 1.24. The van der Waals surface area contributed by atoms with Crippen LogP contribution in [-0.4, -0.2) is 61.2 Å². The van der Waals surface area contributed by atoms with Crippen LogP contribution in [0.4, 0.5) is 0 Å². The average molecular weight is 227 g/mol. The van der Waals surface area contributed by atoms with Gasteiger partial charge in [0.05, 0.1) is 0 Å². The summed E-state index contributed by atoms with van der Waals surface area (Å²) in [6, 6.07) is 1.34. The molecule has 1 fully saturated rings. The quantitative estimate of drug-likeness (QED) is 0.783. The van der Waals surface area contributed by atoms with Crippen molar-refractivity contribution in [3.8, 4) is 0 Å². The molecule has 1 rings (SSSR count). The third-order valence-corrected chi connectivity index (χ3v) is 4.00. The van der Waals surface area contributed by atoms with E-state index in [1.807, 2.05) is 7.05 Å². The van der Waals surface area contributed by atoms with E-state index in [4.69, 9.17) is 0 Å². The Labute approximate surface area is 101 Å². The Morgan fingerprint density at radius 3 is 2.50 bits per heavy atom. The smallest absolute Gasteiger partial charge is 0.0280 e. The normalized spacial score (nSPS) is 27.6. The van der Waals surface area contributed by atoms with Crippen LogP contribution in [0.1, 0.15) is 34.1 Å². The van der Waals surface area contributed by atoms with E-state index in [0.717, 1.165) is 6.54 Å². The average Bonchev–Trinajstić information content (AvgIpc) is 2.19. The van der Waals surface area contributed by atoms with Crippen molar-refractivity contribution in [1.29, 1.82) is 0 Å². The predicted octanol–water partition coefficient (Wildman–Crippen LogP) is 1.40. The molecule has 1 saturated heterocycles. The highest BCUT2D eigenvalue weighted by atomic mass is 15.3. The fourth-order valence-electron chi connectivity index (χ4n) is 2.55. The van der Waals surface area contributed by atoms with Gasteiger partial charge in [0, 0.05) is 30.7 Å². The highest BCUT2D eigenvalue weighted by Gasteiger charge is 2.37. The highest BCUT2D eigenvalue weighted by Crippen LogP contribution is 2.25. The van der Waals surface area contributed by atoms with Crippen molar-refractivity contribution >= 4 is 0 Å². The van der Waals surface area contributed by atoms with Crippen molar-refractivity contribution in [2.75, 3.05) is 33.7 Å². The zero-order valence-corrected chi connectivity index (χ0v) is 11.9. The minimum atomic E-state index is 0.293. The van der Waals surface area contributed by atoms with Crippen molar-refractivity contribution in [2.24, 2.45) is 0 Å². The summed E-state index contributed by atoms with van der Waals surface area (Å²) >= 11 is 0. The molecular formula is C13H29N3. The molecule has 0 aromatic carbocycles. The number of nitrogens with zero attached hydrogens (tertiary/aromatic N) is 2. The first-order chi connectivity index (χ1) is 7.38. The number of hydrogen-bond acceptors (Lipinski definition) is 3. The monoisotopic (exact) mass is 227 g/mol. The lowest BCUT2D eigenvalue weighted by atomic mass is 9.93. The molecule has 0 saturated carbocycles. The second-order valence-corrected chi connectivity index (χ2v) is 5.99. The Balaban J connectivity index is 2.67. The van der Waals surface area contributed by atoms with Crippen LogP contribution >= 0.6 is 0 Å². The Hall–Kier alpha value is -0.120. The maximum atomic E-state index is 3.26. The van der Waals surface area contributed by atoms with Crippen molar-refractivity contribution in [1.82, 2.24) is 15.1 Å². The summed E-state index contributed by atoms with van der Waals surface area (Å²) in [7, 11) is 4.31. The molecule has 3 nitrogen and oxygen atoms in total. The molecule has 1 unspecified atom stereocenters. The highest BCUT2D eigenvalue weighted by molar-refractivity contribution is 4.94. The molecule has 0 bridgehead atoms. The predicted molar refractivity (Wildman–Crippen MR) is 70.9 cm³/mol. The number of rotatable bonds is 4. The fourth-order valence-corrected chi connectivity index (χ4v) is 2.55. The third-order valence-electron chi connectivity index (χ3n) is 4.00. The van der Waals surface area contributed by atoms with E-state index in [9.17, 15) is 0 Å². The van der Waals surface area contributed by atoms with Gasteiger partial charge in [-0.25, -0.2) is 0 Å². The molecule has 0 aliphatic carbocycles. The van der Waals surface area contributed by atoms with E-state index in [2.05, 4.69) is 49.9 Å². The Morgan fingerprint density at radius 2 is 2.00 bits per heavy atom. The van der Waals surface area contributed by atoms with Crippen LogP contribution in [0.5, 0.6) is 0 Å². The minimum absolute atomic E-state index is 0.293. The molecule has 0 aromatic rings. The van der Waals surface area contributed by atoms with Gasteiger partial charge >= 0.3 is 0 Å². The van der Waals surface area contributed by atoms with Crippen LogP contribution in [0, 0.1) is 0 Å². The maximum Gasteiger partial charge on any atom is 0.0280 e. The Bertz CT molecular complexity index is 213. The van der Waals surface area contributed by atoms with Gasteiger partial charge in [-0.15, -0.1) is 0 Å². The van der Waals surface area contributed by atoms with Crippen LogP contribution in [0.25, 0.3) is 0 Å². The van der Waals surface area contributed by atoms with Crippen LogP contribution in [-0.2, 0) is 0 Å². The van der Waals surface area contributed by atoms with Crippen LogP contribution in [0.3, 0.4) is 0 Å². The van der Waals surface area contributed by atoms with E-state index in [-0.39, 0.29) is 0 Å². The van der Waals surface area contributed by atoms with Crippen molar-refractivity contribution in [3.63, 3.8) is 0 Å². The number of likely N-dealkylation sites (N-methyl/N-ethyl adjacent to an activating group) is 1. The zero-order valence-electron chi connectivity index (χ0n) is 11.9. The zero-order chi connectivity index (χ0) is 12.3. The van der Waals surface area contributed by atoms with Crippen molar-refractivity contribution in [2.45, 2.75) is 51.7 Å². The van der Waals surface area contributed by atoms with Crippen LogP contribution in [0.15, 0.2) is 0 Å². The second kappa shape index (κ2) is 5.48. The SMILES string of the molecule is CNCCC1CN(C(C)C)CC(C)(C)N1C. The molecule has 0 amide bonds. The van der Waals surface area contributed by atoms with E-state index in [1.54, 1.807) is 0 Å². The van der Waals surface area contributed by atoms with Gasteiger partial charge in [0.25, 0.3) is 0 Å². The third kappa shape index (κ3) is 3.19. The van der Waals surface area contributed by atoms with Gasteiger partial charge in [0.15, 0.2) is 0 Å². The van der Waals surface area contributed by atoms with Crippen molar-refractivity contribution < 1.29 is 0 Å². The molecule has 0 aromatic heterocycles. The van der Waals surface area contributed by atoms with Gasteiger partial charge in [0.2, 0.25) is 0 Å². The van der Waals surface area contributed by atoms with Crippen LogP contribution < -0.4 is 5.32 Å².